The maximum absolute atomic E-state index is 11.8. The lowest BCUT2D eigenvalue weighted by Crippen LogP contribution is -2.26. The Morgan fingerprint density at radius 2 is 2.35 bits per heavy atom. The van der Waals surface area contributed by atoms with Gasteiger partial charge >= 0.3 is 0 Å². The minimum absolute atomic E-state index is 0.101. The molecule has 0 atom stereocenters. The van der Waals surface area contributed by atoms with Gasteiger partial charge in [0.2, 0.25) is 5.91 Å². The quantitative estimate of drug-likeness (QED) is 0.628. The average Bonchev–Trinajstić information content (AvgIpc) is 3.07. The summed E-state index contributed by atoms with van der Waals surface area (Å²) in [5.41, 5.74) is 1.15. The Balaban J connectivity index is 1.88. The van der Waals surface area contributed by atoms with Crippen LogP contribution in [0, 0.1) is 0 Å². The highest BCUT2D eigenvalue weighted by atomic mass is 35.5. The first-order valence-electron chi connectivity index (χ1n) is 6.10. The smallest absolute Gasteiger partial charge is 0.227 e. The third-order valence-electron chi connectivity index (χ3n) is 3.09. The Kier molecular flexibility index (Phi) is 4.05. The number of hydrogen-bond donors (Lipinski definition) is 1. The summed E-state index contributed by atoms with van der Waals surface area (Å²) < 4.78 is 0. The molecule has 0 unspecified atom stereocenters. The molecular weight excluding hydrogens is 238 g/mol. The minimum atomic E-state index is 0.101. The number of halogens is 1. The van der Waals surface area contributed by atoms with Crippen LogP contribution >= 0.6 is 11.6 Å². The van der Waals surface area contributed by atoms with Gasteiger partial charge in [-0.05, 0) is 25.7 Å². The molecule has 1 aromatic heterocycles. The molecule has 2 rings (SSSR count). The summed E-state index contributed by atoms with van der Waals surface area (Å²) in [7, 11) is 1.77. The summed E-state index contributed by atoms with van der Waals surface area (Å²) in [6.07, 6.45) is 4.72. The fraction of sp³-hybridized carbons (Fsp3) is 0.667. The summed E-state index contributed by atoms with van der Waals surface area (Å²) in [6, 6.07) is 1.98. The third kappa shape index (κ3) is 3.22. The molecule has 94 valence electrons. The van der Waals surface area contributed by atoms with Gasteiger partial charge in [-0.2, -0.15) is 5.10 Å². The zero-order valence-electron chi connectivity index (χ0n) is 10.1. The monoisotopic (exact) mass is 255 g/mol. The number of hydrogen-bond acceptors (Lipinski definition) is 2. The molecule has 4 nitrogen and oxygen atoms in total. The molecule has 1 amide bonds. The summed E-state index contributed by atoms with van der Waals surface area (Å²) in [4.78, 5) is 13.5. The molecular formula is C12H18ClN3O. The van der Waals surface area contributed by atoms with Gasteiger partial charge in [-0.15, -0.1) is 11.6 Å². The molecule has 17 heavy (non-hydrogen) atoms. The number of nitrogens with one attached hydrogen (secondary N) is 1. The van der Waals surface area contributed by atoms with Crippen molar-refractivity contribution in [2.45, 2.75) is 38.0 Å². The zero-order chi connectivity index (χ0) is 12.3. The highest BCUT2D eigenvalue weighted by Crippen LogP contribution is 2.39. The number of unbranched alkanes of at least 4 members (excludes halogenated alkanes) is 1. The Hall–Kier alpha value is -1.03. The normalized spacial score (nSPS) is 14.9. The number of aromatic nitrogens is 2. The third-order valence-corrected chi connectivity index (χ3v) is 3.36. The first kappa shape index (κ1) is 12.4. The van der Waals surface area contributed by atoms with E-state index in [9.17, 15) is 4.79 Å². The number of alkyl halides is 1. The largest absolute Gasteiger partial charge is 0.298 e. The predicted octanol–water partition coefficient (Wildman–Crippen LogP) is 2.66. The van der Waals surface area contributed by atoms with Crippen LogP contribution in [0.4, 0.5) is 5.82 Å². The second-order valence-electron chi connectivity index (χ2n) is 4.55. The summed E-state index contributed by atoms with van der Waals surface area (Å²) >= 11 is 5.58. The maximum atomic E-state index is 11.8. The van der Waals surface area contributed by atoms with Gasteiger partial charge < -0.3 is 0 Å². The Morgan fingerprint density at radius 3 is 3.00 bits per heavy atom. The van der Waals surface area contributed by atoms with E-state index < -0.39 is 0 Å². The molecule has 0 aromatic carbocycles. The van der Waals surface area contributed by atoms with Crippen molar-refractivity contribution < 1.29 is 4.79 Å². The van der Waals surface area contributed by atoms with Crippen molar-refractivity contribution in [2.75, 3.05) is 17.8 Å². The van der Waals surface area contributed by atoms with Crippen LogP contribution in [0.5, 0.6) is 0 Å². The van der Waals surface area contributed by atoms with Gasteiger partial charge in [0, 0.05) is 37.0 Å². The lowest BCUT2D eigenvalue weighted by molar-refractivity contribution is -0.118. The minimum Gasteiger partial charge on any atom is -0.298 e. The number of carbonyl (C=O) groups excluding carboxylic acids is 1. The van der Waals surface area contributed by atoms with Gasteiger partial charge in [-0.1, -0.05) is 0 Å². The van der Waals surface area contributed by atoms with Crippen LogP contribution in [0.15, 0.2) is 6.07 Å². The van der Waals surface area contributed by atoms with Gasteiger partial charge in [-0.25, -0.2) is 0 Å². The summed E-state index contributed by atoms with van der Waals surface area (Å²) in [6.45, 7) is 0. The van der Waals surface area contributed by atoms with E-state index in [1.165, 1.54) is 12.8 Å². The molecule has 0 spiro atoms. The molecule has 0 radical (unpaired) electrons. The molecule has 1 aromatic rings. The standard InChI is InChI=1S/C12H18ClN3O/c1-16(12(17)4-2-3-7-13)11-8-10(14-15-11)9-5-6-9/h8-9H,2-7H2,1H3,(H,14,15). The van der Waals surface area contributed by atoms with E-state index in [4.69, 9.17) is 11.6 Å². The highest BCUT2D eigenvalue weighted by Gasteiger charge is 2.26. The molecule has 1 N–H and O–H groups in total. The Morgan fingerprint density at radius 1 is 1.59 bits per heavy atom. The Labute approximate surface area is 106 Å². The number of carbonyl (C=O) groups is 1. The van der Waals surface area contributed by atoms with Crippen LogP contribution in [0.1, 0.15) is 43.7 Å². The molecule has 1 fully saturated rings. The average molecular weight is 256 g/mol. The van der Waals surface area contributed by atoms with Crippen LogP contribution in [-0.2, 0) is 4.79 Å². The first-order valence-corrected chi connectivity index (χ1v) is 6.63. The van der Waals surface area contributed by atoms with Crippen LogP contribution < -0.4 is 4.90 Å². The molecule has 1 saturated carbocycles. The van der Waals surface area contributed by atoms with E-state index in [2.05, 4.69) is 10.2 Å². The van der Waals surface area contributed by atoms with Crippen molar-refractivity contribution in [3.8, 4) is 0 Å². The molecule has 1 aliphatic carbocycles. The molecule has 1 aliphatic rings. The number of nitrogens with zero attached hydrogens (tertiary/aromatic N) is 2. The number of rotatable bonds is 6. The zero-order valence-corrected chi connectivity index (χ0v) is 10.8. The van der Waals surface area contributed by atoms with Gasteiger partial charge in [0.15, 0.2) is 5.82 Å². The van der Waals surface area contributed by atoms with Crippen molar-refractivity contribution in [2.24, 2.45) is 0 Å². The van der Waals surface area contributed by atoms with Crippen LogP contribution in [-0.4, -0.2) is 29.0 Å². The van der Waals surface area contributed by atoms with Crippen molar-refractivity contribution in [1.82, 2.24) is 10.2 Å². The fourth-order valence-corrected chi connectivity index (χ4v) is 1.96. The van der Waals surface area contributed by atoms with E-state index in [-0.39, 0.29) is 5.91 Å². The molecule has 0 bridgehead atoms. The van der Waals surface area contributed by atoms with Crippen LogP contribution in [0.25, 0.3) is 0 Å². The SMILES string of the molecule is CN(C(=O)CCCCCl)c1cc(C2CC2)[nH]n1. The van der Waals surface area contributed by atoms with Crippen LogP contribution in [0.3, 0.4) is 0 Å². The van der Waals surface area contributed by atoms with Crippen molar-refractivity contribution in [3.05, 3.63) is 11.8 Å². The molecule has 0 saturated heterocycles. The second-order valence-corrected chi connectivity index (χ2v) is 4.93. The Bertz CT molecular complexity index is 387. The van der Waals surface area contributed by atoms with Gasteiger partial charge in [0.05, 0.1) is 0 Å². The highest BCUT2D eigenvalue weighted by molar-refractivity contribution is 6.17. The fourth-order valence-electron chi connectivity index (χ4n) is 1.77. The molecule has 1 heterocycles. The van der Waals surface area contributed by atoms with Gasteiger partial charge in [0.1, 0.15) is 0 Å². The van der Waals surface area contributed by atoms with Crippen molar-refractivity contribution in [1.29, 1.82) is 0 Å². The van der Waals surface area contributed by atoms with E-state index >= 15 is 0 Å². The number of anilines is 1. The number of amides is 1. The summed E-state index contributed by atoms with van der Waals surface area (Å²) in [5, 5.41) is 7.19. The number of H-pyrrole nitrogens is 1. The van der Waals surface area contributed by atoms with Crippen LogP contribution in [0.2, 0.25) is 0 Å². The molecule has 0 aliphatic heterocycles. The van der Waals surface area contributed by atoms with Crippen molar-refractivity contribution in [3.63, 3.8) is 0 Å². The van der Waals surface area contributed by atoms with E-state index in [0.29, 0.717) is 18.2 Å². The lowest BCUT2D eigenvalue weighted by Gasteiger charge is -2.13. The number of aromatic amines is 1. The lowest BCUT2D eigenvalue weighted by atomic mass is 10.2. The van der Waals surface area contributed by atoms with E-state index in [1.807, 2.05) is 6.07 Å². The van der Waals surface area contributed by atoms with Gasteiger partial charge in [-0.3, -0.25) is 14.8 Å². The maximum Gasteiger partial charge on any atom is 0.227 e. The summed E-state index contributed by atoms with van der Waals surface area (Å²) in [5.74, 6) is 2.08. The molecule has 5 heteroatoms. The first-order chi connectivity index (χ1) is 8.22. The van der Waals surface area contributed by atoms with E-state index in [0.717, 1.165) is 24.4 Å². The predicted molar refractivity (Wildman–Crippen MR) is 68.5 cm³/mol. The topological polar surface area (TPSA) is 49.0 Å². The van der Waals surface area contributed by atoms with Gasteiger partial charge in [0.25, 0.3) is 0 Å². The van der Waals surface area contributed by atoms with Crippen molar-refractivity contribution >= 4 is 23.3 Å². The second kappa shape index (κ2) is 5.54. The van der Waals surface area contributed by atoms with E-state index in [1.54, 1.807) is 11.9 Å².